The van der Waals surface area contributed by atoms with E-state index in [1.807, 2.05) is 0 Å². The van der Waals surface area contributed by atoms with Crippen LogP contribution in [0.25, 0.3) is 0 Å². The van der Waals surface area contributed by atoms with E-state index in [9.17, 15) is 4.79 Å². The summed E-state index contributed by atoms with van der Waals surface area (Å²) in [7, 11) is 0. The Balaban J connectivity index is 1.90. The summed E-state index contributed by atoms with van der Waals surface area (Å²) in [5.41, 5.74) is 0.364. The van der Waals surface area contributed by atoms with Crippen LogP contribution in [0.3, 0.4) is 0 Å². The molecule has 0 radical (unpaired) electrons. The quantitative estimate of drug-likeness (QED) is 0.845. The zero-order valence-corrected chi connectivity index (χ0v) is 12.8. The normalized spacial score (nSPS) is 17.7. The van der Waals surface area contributed by atoms with Gasteiger partial charge in [0.1, 0.15) is 5.69 Å². The average molecular weight is 292 g/mol. The molecule has 6 heteroatoms. The molecule has 1 aromatic rings. The minimum Gasteiger partial charge on any atom is -0.379 e. The van der Waals surface area contributed by atoms with Crippen molar-refractivity contribution in [2.45, 2.75) is 26.3 Å². The van der Waals surface area contributed by atoms with Crippen molar-refractivity contribution in [3.63, 3.8) is 0 Å². The third kappa shape index (κ3) is 5.06. The summed E-state index contributed by atoms with van der Waals surface area (Å²) < 4.78 is 5.40. The number of morpholine rings is 1. The number of ether oxygens (including phenoxy) is 1. The van der Waals surface area contributed by atoms with E-state index in [4.69, 9.17) is 4.74 Å². The number of hydrogen-bond donors (Lipinski definition) is 1. The lowest BCUT2D eigenvalue weighted by molar-refractivity contribution is 0.0124. The van der Waals surface area contributed by atoms with Gasteiger partial charge in [-0.2, -0.15) is 0 Å². The van der Waals surface area contributed by atoms with Gasteiger partial charge >= 0.3 is 0 Å². The lowest BCUT2D eigenvalue weighted by atomic mass is 10.0. The van der Waals surface area contributed by atoms with Crippen molar-refractivity contribution in [1.82, 2.24) is 20.2 Å². The molecule has 0 aliphatic carbocycles. The Labute approximate surface area is 125 Å². The van der Waals surface area contributed by atoms with Crippen LogP contribution in [-0.2, 0) is 4.74 Å². The molecule has 1 aliphatic heterocycles. The zero-order chi connectivity index (χ0) is 15.1. The van der Waals surface area contributed by atoms with Crippen LogP contribution in [0.1, 0.15) is 30.8 Å². The molecule has 116 valence electrons. The fourth-order valence-electron chi connectivity index (χ4n) is 2.57. The SMILES string of the molecule is CC(C)CC(CNC(=O)c1cnccn1)N1CCOCC1. The van der Waals surface area contributed by atoms with E-state index in [0.29, 0.717) is 24.2 Å². The third-order valence-electron chi connectivity index (χ3n) is 3.60. The molecule has 21 heavy (non-hydrogen) atoms. The number of carbonyl (C=O) groups is 1. The van der Waals surface area contributed by atoms with E-state index in [2.05, 4.69) is 34.0 Å². The van der Waals surface area contributed by atoms with Crippen LogP contribution in [-0.4, -0.2) is 59.7 Å². The van der Waals surface area contributed by atoms with Crippen LogP contribution in [0.15, 0.2) is 18.6 Å². The highest BCUT2D eigenvalue weighted by Crippen LogP contribution is 2.13. The molecule has 0 bridgehead atoms. The Morgan fingerprint density at radius 2 is 2.14 bits per heavy atom. The molecule has 1 aromatic heterocycles. The molecule has 1 atom stereocenters. The fraction of sp³-hybridized carbons (Fsp3) is 0.667. The third-order valence-corrected chi connectivity index (χ3v) is 3.60. The molecule has 1 N–H and O–H groups in total. The van der Waals surface area contributed by atoms with Crippen LogP contribution in [0.4, 0.5) is 0 Å². The molecular formula is C15H24N4O2. The summed E-state index contributed by atoms with van der Waals surface area (Å²) in [5, 5.41) is 2.98. The second-order valence-electron chi connectivity index (χ2n) is 5.73. The summed E-state index contributed by atoms with van der Waals surface area (Å²) >= 11 is 0. The molecule has 1 aliphatic rings. The van der Waals surface area contributed by atoms with Gasteiger partial charge in [-0.15, -0.1) is 0 Å². The van der Waals surface area contributed by atoms with Gasteiger partial charge in [-0.25, -0.2) is 4.98 Å². The molecule has 0 aromatic carbocycles. The van der Waals surface area contributed by atoms with Gasteiger partial charge in [-0.05, 0) is 12.3 Å². The molecule has 1 fully saturated rings. The minimum atomic E-state index is -0.162. The van der Waals surface area contributed by atoms with E-state index in [1.165, 1.54) is 12.4 Å². The van der Waals surface area contributed by atoms with Crippen molar-refractivity contribution in [3.8, 4) is 0 Å². The monoisotopic (exact) mass is 292 g/mol. The maximum absolute atomic E-state index is 12.1. The topological polar surface area (TPSA) is 67.4 Å². The molecule has 0 spiro atoms. The molecule has 1 unspecified atom stereocenters. The van der Waals surface area contributed by atoms with Crippen molar-refractivity contribution in [1.29, 1.82) is 0 Å². The second-order valence-corrected chi connectivity index (χ2v) is 5.73. The number of nitrogens with one attached hydrogen (secondary N) is 1. The average Bonchev–Trinajstić information content (AvgIpc) is 2.52. The van der Waals surface area contributed by atoms with Gasteiger partial charge in [-0.3, -0.25) is 14.7 Å². The Morgan fingerprint density at radius 3 is 2.76 bits per heavy atom. The Kier molecular flexibility index (Phi) is 6.07. The standard InChI is InChI=1S/C15H24N4O2/c1-12(2)9-13(19-5-7-21-8-6-19)10-18-15(20)14-11-16-3-4-17-14/h3-4,11-13H,5-10H2,1-2H3,(H,18,20). The van der Waals surface area contributed by atoms with Crippen LogP contribution in [0, 0.1) is 5.92 Å². The first kappa shape index (κ1) is 15.9. The number of hydrogen-bond acceptors (Lipinski definition) is 5. The number of carbonyl (C=O) groups excluding carboxylic acids is 1. The first-order valence-corrected chi connectivity index (χ1v) is 7.53. The highest BCUT2D eigenvalue weighted by molar-refractivity contribution is 5.91. The predicted molar refractivity (Wildman–Crippen MR) is 80.0 cm³/mol. The van der Waals surface area contributed by atoms with Gasteiger partial charge in [0.05, 0.1) is 19.4 Å². The highest BCUT2D eigenvalue weighted by Gasteiger charge is 2.22. The fourth-order valence-corrected chi connectivity index (χ4v) is 2.57. The molecule has 0 saturated carbocycles. The molecule has 1 saturated heterocycles. The van der Waals surface area contributed by atoms with Gasteiger partial charge in [0.2, 0.25) is 0 Å². The van der Waals surface area contributed by atoms with Crippen molar-refractivity contribution >= 4 is 5.91 Å². The minimum absolute atomic E-state index is 0.162. The van der Waals surface area contributed by atoms with Crippen LogP contribution < -0.4 is 5.32 Å². The first-order chi connectivity index (χ1) is 10.2. The highest BCUT2D eigenvalue weighted by atomic mass is 16.5. The summed E-state index contributed by atoms with van der Waals surface area (Å²) in [4.78, 5) is 22.4. The molecule has 1 amide bonds. The van der Waals surface area contributed by atoms with Crippen LogP contribution >= 0.6 is 0 Å². The predicted octanol–water partition coefficient (Wildman–Crippen LogP) is 0.953. The summed E-state index contributed by atoms with van der Waals surface area (Å²) in [5.74, 6) is 0.427. The molecule has 6 nitrogen and oxygen atoms in total. The summed E-state index contributed by atoms with van der Waals surface area (Å²) in [6, 6.07) is 0.342. The van der Waals surface area contributed by atoms with Gasteiger partial charge < -0.3 is 10.1 Å². The number of aromatic nitrogens is 2. The van der Waals surface area contributed by atoms with E-state index in [1.54, 1.807) is 6.20 Å². The van der Waals surface area contributed by atoms with Gasteiger partial charge in [0.25, 0.3) is 5.91 Å². The van der Waals surface area contributed by atoms with Crippen molar-refractivity contribution in [2.75, 3.05) is 32.8 Å². The lowest BCUT2D eigenvalue weighted by Gasteiger charge is -2.35. The summed E-state index contributed by atoms with van der Waals surface area (Å²) in [6.07, 6.45) is 5.64. The van der Waals surface area contributed by atoms with E-state index >= 15 is 0 Å². The second kappa shape index (κ2) is 8.05. The largest absolute Gasteiger partial charge is 0.379 e. The smallest absolute Gasteiger partial charge is 0.271 e. The van der Waals surface area contributed by atoms with Gasteiger partial charge in [-0.1, -0.05) is 13.8 Å². The number of rotatable bonds is 6. The van der Waals surface area contributed by atoms with Crippen LogP contribution in [0.5, 0.6) is 0 Å². The molecular weight excluding hydrogens is 268 g/mol. The molecule has 2 rings (SSSR count). The lowest BCUT2D eigenvalue weighted by Crippen LogP contribution is -2.49. The first-order valence-electron chi connectivity index (χ1n) is 7.53. The van der Waals surface area contributed by atoms with E-state index in [-0.39, 0.29) is 5.91 Å². The van der Waals surface area contributed by atoms with Crippen molar-refractivity contribution in [2.24, 2.45) is 5.92 Å². The van der Waals surface area contributed by atoms with Crippen LogP contribution in [0.2, 0.25) is 0 Å². The number of amides is 1. The molecule has 2 heterocycles. The Bertz CT molecular complexity index is 433. The van der Waals surface area contributed by atoms with Gasteiger partial charge in [0.15, 0.2) is 0 Å². The van der Waals surface area contributed by atoms with E-state index in [0.717, 1.165) is 32.7 Å². The maximum Gasteiger partial charge on any atom is 0.271 e. The van der Waals surface area contributed by atoms with Crippen molar-refractivity contribution in [3.05, 3.63) is 24.3 Å². The number of nitrogens with zero attached hydrogens (tertiary/aromatic N) is 3. The van der Waals surface area contributed by atoms with E-state index < -0.39 is 0 Å². The Hall–Kier alpha value is -1.53. The van der Waals surface area contributed by atoms with Gasteiger partial charge in [0, 0.05) is 38.1 Å². The maximum atomic E-state index is 12.1. The summed E-state index contributed by atoms with van der Waals surface area (Å²) in [6.45, 7) is 8.44. The Morgan fingerprint density at radius 1 is 1.38 bits per heavy atom. The zero-order valence-electron chi connectivity index (χ0n) is 12.8. The van der Waals surface area contributed by atoms with Crippen molar-refractivity contribution < 1.29 is 9.53 Å².